The first-order chi connectivity index (χ1) is 7.97. The van der Waals surface area contributed by atoms with Gasteiger partial charge in [0.2, 0.25) is 11.0 Å². The molecule has 17 heavy (non-hydrogen) atoms. The number of alkyl halides is 3. The van der Waals surface area contributed by atoms with E-state index in [9.17, 15) is 13.2 Å². The van der Waals surface area contributed by atoms with Crippen molar-refractivity contribution >= 4 is 16.7 Å². The zero-order valence-corrected chi connectivity index (χ0v) is 9.94. The Hall–Kier alpha value is -0.890. The highest BCUT2D eigenvalue weighted by atomic mass is 32.1. The number of nitrogens with one attached hydrogen (secondary N) is 1. The van der Waals surface area contributed by atoms with Gasteiger partial charge in [-0.25, -0.2) is 0 Å². The van der Waals surface area contributed by atoms with Crippen molar-refractivity contribution in [3.05, 3.63) is 5.82 Å². The number of hydrogen-bond donors (Lipinski definition) is 1. The number of aromatic nitrogens is 2. The lowest BCUT2D eigenvalue weighted by molar-refractivity contribution is -0.144. The van der Waals surface area contributed by atoms with Gasteiger partial charge in [0.1, 0.15) is 0 Å². The molecule has 1 aliphatic rings. The lowest BCUT2D eigenvalue weighted by Crippen LogP contribution is -2.29. The zero-order chi connectivity index (χ0) is 12.5. The second-order valence-corrected chi connectivity index (χ2v) is 4.66. The van der Waals surface area contributed by atoms with Gasteiger partial charge in [-0.3, -0.25) is 0 Å². The standard InChI is InChI=1S/C9H12F3N3OS/c1-5(6-3-2-4-16-6)13-8-14-7(15-17-8)9(10,11)12/h5-6H,2-4H2,1H3,(H,13,14,15). The van der Waals surface area contributed by atoms with Gasteiger partial charge in [0, 0.05) is 18.1 Å². The van der Waals surface area contributed by atoms with Crippen molar-refractivity contribution < 1.29 is 17.9 Å². The second-order valence-electron chi connectivity index (χ2n) is 3.91. The van der Waals surface area contributed by atoms with E-state index in [0.29, 0.717) is 18.1 Å². The summed E-state index contributed by atoms with van der Waals surface area (Å²) in [5.74, 6) is -1.09. The Morgan fingerprint density at radius 2 is 2.29 bits per heavy atom. The van der Waals surface area contributed by atoms with E-state index < -0.39 is 12.0 Å². The number of halogens is 3. The summed E-state index contributed by atoms with van der Waals surface area (Å²) in [4.78, 5) is 3.41. The van der Waals surface area contributed by atoms with Gasteiger partial charge in [0.15, 0.2) is 0 Å². The molecule has 1 saturated heterocycles. The van der Waals surface area contributed by atoms with E-state index in [1.165, 1.54) is 0 Å². The van der Waals surface area contributed by atoms with Gasteiger partial charge < -0.3 is 10.1 Å². The van der Waals surface area contributed by atoms with Crippen LogP contribution in [0.1, 0.15) is 25.6 Å². The molecule has 1 N–H and O–H groups in total. The third-order valence-electron chi connectivity index (χ3n) is 2.55. The molecule has 1 aliphatic heterocycles. The molecule has 4 nitrogen and oxygen atoms in total. The summed E-state index contributed by atoms with van der Waals surface area (Å²) in [5, 5.41) is 3.08. The molecule has 2 atom stereocenters. The SMILES string of the molecule is CC(Nc1nc(C(F)(F)F)ns1)C1CCCO1. The Bertz CT molecular complexity index is 376. The molecule has 2 rings (SSSR count). The van der Waals surface area contributed by atoms with Crippen LogP contribution in [0.5, 0.6) is 0 Å². The summed E-state index contributed by atoms with van der Waals surface area (Å²) in [6, 6.07) is -0.0634. The molecule has 96 valence electrons. The number of hydrogen-bond acceptors (Lipinski definition) is 5. The van der Waals surface area contributed by atoms with Crippen molar-refractivity contribution in [2.45, 2.75) is 38.1 Å². The zero-order valence-electron chi connectivity index (χ0n) is 9.12. The van der Waals surface area contributed by atoms with Crippen LogP contribution in [0, 0.1) is 0 Å². The van der Waals surface area contributed by atoms with Crippen LogP contribution in [-0.2, 0) is 10.9 Å². The van der Waals surface area contributed by atoms with E-state index in [4.69, 9.17) is 4.74 Å². The summed E-state index contributed by atoms with van der Waals surface area (Å²) >= 11 is 0.716. The Kier molecular flexibility index (Phi) is 3.53. The van der Waals surface area contributed by atoms with Crippen molar-refractivity contribution in [2.24, 2.45) is 0 Å². The number of ether oxygens (including phenoxy) is 1. The summed E-state index contributed by atoms with van der Waals surface area (Å²) < 4.78 is 45.5. The first-order valence-electron chi connectivity index (χ1n) is 5.26. The van der Waals surface area contributed by atoms with E-state index in [1.54, 1.807) is 0 Å². The van der Waals surface area contributed by atoms with Gasteiger partial charge >= 0.3 is 6.18 Å². The van der Waals surface area contributed by atoms with E-state index in [-0.39, 0.29) is 17.3 Å². The maximum absolute atomic E-state index is 12.3. The topological polar surface area (TPSA) is 47.0 Å². The lowest BCUT2D eigenvalue weighted by Gasteiger charge is -2.18. The van der Waals surface area contributed by atoms with Crippen molar-refractivity contribution in [3.8, 4) is 0 Å². The van der Waals surface area contributed by atoms with E-state index >= 15 is 0 Å². The molecule has 0 aliphatic carbocycles. The minimum absolute atomic E-state index is 0.0354. The minimum atomic E-state index is -4.48. The Morgan fingerprint density at radius 3 is 2.82 bits per heavy atom. The van der Waals surface area contributed by atoms with Gasteiger partial charge in [-0.1, -0.05) is 0 Å². The molecular weight excluding hydrogens is 255 g/mol. The summed E-state index contributed by atoms with van der Waals surface area (Å²) in [5.41, 5.74) is 0. The monoisotopic (exact) mass is 267 g/mol. The highest BCUT2D eigenvalue weighted by Gasteiger charge is 2.36. The summed E-state index contributed by atoms with van der Waals surface area (Å²) in [6.07, 6.45) is -2.54. The molecule has 0 saturated carbocycles. The molecule has 0 aromatic carbocycles. The third-order valence-corrected chi connectivity index (χ3v) is 3.20. The Labute approximate surface area is 100 Å². The average molecular weight is 267 g/mol. The molecule has 1 aromatic rings. The molecule has 0 amide bonds. The first kappa shape index (κ1) is 12.6. The van der Waals surface area contributed by atoms with Crippen LogP contribution in [0.15, 0.2) is 0 Å². The summed E-state index contributed by atoms with van der Waals surface area (Å²) in [7, 11) is 0. The van der Waals surface area contributed by atoms with Crippen LogP contribution in [0.2, 0.25) is 0 Å². The predicted octanol–water partition coefficient (Wildman–Crippen LogP) is 2.54. The van der Waals surface area contributed by atoms with Crippen LogP contribution in [0.25, 0.3) is 0 Å². The maximum Gasteiger partial charge on any atom is 0.452 e. The first-order valence-corrected chi connectivity index (χ1v) is 6.03. The van der Waals surface area contributed by atoms with Crippen LogP contribution in [0.4, 0.5) is 18.3 Å². The van der Waals surface area contributed by atoms with E-state index in [2.05, 4.69) is 14.7 Å². The molecular formula is C9H12F3N3OS. The van der Waals surface area contributed by atoms with Gasteiger partial charge in [-0.2, -0.15) is 22.5 Å². The largest absolute Gasteiger partial charge is 0.452 e. The fourth-order valence-electron chi connectivity index (χ4n) is 1.68. The molecule has 2 unspecified atom stereocenters. The van der Waals surface area contributed by atoms with Crippen LogP contribution in [0.3, 0.4) is 0 Å². The molecule has 0 spiro atoms. The van der Waals surface area contributed by atoms with Crippen molar-refractivity contribution in [3.63, 3.8) is 0 Å². The van der Waals surface area contributed by atoms with Crippen molar-refractivity contribution in [1.82, 2.24) is 9.36 Å². The van der Waals surface area contributed by atoms with Crippen molar-refractivity contribution in [2.75, 3.05) is 11.9 Å². The summed E-state index contributed by atoms with van der Waals surface area (Å²) in [6.45, 7) is 2.57. The number of rotatable bonds is 3. The third kappa shape index (κ3) is 3.06. The van der Waals surface area contributed by atoms with E-state index in [1.807, 2.05) is 6.92 Å². The van der Waals surface area contributed by atoms with Gasteiger partial charge in [-0.15, -0.1) is 0 Å². The normalized spacial score (nSPS) is 22.7. The molecule has 0 bridgehead atoms. The molecule has 1 fully saturated rings. The van der Waals surface area contributed by atoms with Gasteiger partial charge in [0.25, 0.3) is 0 Å². The lowest BCUT2D eigenvalue weighted by atomic mass is 10.1. The molecule has 2 heterocycles. The fraction of sp³-hybridized carbons (Fsp3) is 0.778. The predicted molar refractivity (Wildman–Crippen MR) is 57.0 cm³/mol. The van der Waals surface area contributed by atoms with Gasteiger partial charge in [-0.05, 0) is 19.8 Å². The quantitative estimate of drug-likeness (QED) is 0.914. The minimum Gasteiger partial charge on any atom is -0.376 e. The Balaban J connectivity index is 1.96. The molecule has 8 heteroatoms. The number of anilines is 1. The second kappa shape index (κ2) is 4.77. The van der Waals surface area contributed by atoms with Crippen molar-refractivity contribution in [1.29, 1.82) is 0 Å². The number of nitrogens with zero attached hydrogens (tertiary/aromatic N) is 2. The fourth-order valence-corrected chi connectivity index (χ4v) is 2.37. The van der Waals surface area contributed by atoms with Crippen LogP contribution >= 0.6 is 11.5 Å². The van der Waals surface area contributed by atoms with Crippen LogP contribution < -0.4 is 5.32 Å². The molecule has 0 radical (unpaired) electrons. The van der Waals surface area contributed by atoms with Gasteiger partial charge in [0.05, 0.1) is 12.1 Å². The van der Waals surface area contributed by atoms with E-state index in [0.717, 1.165) is 12.8 Å². The molecule has 1 aromatic heterocycles. The highest BCUT2D eigenvalue weighted by molar-refractivity contribution is 7.09. The smallest absolute Gasteiger partial charge is 0.376 e. The highest BCUT2D eigenvalue weighted by Crippen LogP contribution is 2.29. The Morgan fingerprint density at radius 1 is 1.53 bits per heavy atom. The maximum atomic E-state index is 12.3. The average Bonchev–Trinajstić information content (AvgIpc) is 2.85. The van der Waals surface area contributed by atoms with Crippen LogP contribution in [-0.4, -0.2) is 28.1 Å².